The van der Waals surface area contributed by atoms with Crippen molar-refractivity contribution in [2.75, 3.05) is 20.3 Å². The third-order valence-corrected chi connectivity index (χ3v) is 4.15. The predicted octanol–water partition coefficient (Wildman–Crippen LogP) is 2.49. The normalized spacial score (nSPS) is 11.0. The lowest BCUT2D eigenvalue weighted by Crippen LogP contribution is -2.20. The zero-order valence-corrected chi connectivity index (χ0v) is 12.6. The van der Waals surface area contributed by atoms with Crippen molar-refractivity contribution in [2.24, 2.45) is 0 Å². The van der Waals surface area contributed by atoms with E-state index in [0.717, 1.165) is 30.0 Å². The van der Waals surface area contributed by atoms with Crippen molar-refractivity contribution in [3.8, 4) is 0 Å². The summed E-state index contributed by atoms with van der Waals surface area (Å²) in [6, 6.07) is 4.21. The van der Waals surface area contributed by atoms with Crippen molar-refractivity contribution in [3.63, 3.8) is 0 Å². The maximum absolute atomic E-state index is 5.00. The van der Waals surface area contributed by atoms with Crippen molar-refractivity contribution in [1.82, 2.24) is 14.9 Å². The van der Waals surface area contributed by atoms with E-state index in [-0.39, 0.29) is 0 Å². The van der Waals surface area contributed by atoms with Crippen molar-refractivity contribution >= 4 is 27.3 Å². The van der Waals surface area contributed by atoms with Crippen LogP contribution in [-0.4, -0.2) is 29.8 Å². The lowest BCUT2D eigenvalue weighted by molar-refractivity contribution is 0.199. The Balaban J connectivity index is 1.91. The molecule has 2 rings (SSSR count). The smallest absolute Gasteiger partial charge is 0.0952 e. The van der Waals surface area contributed by atoms with E-state index in [1.54, 1.807) is 18.4 Å². The molecule has 0 bridgehead atoms. The van der Waals surface area contributed by atoms with E-state index in [2.05, 4.69) is 42.9 Å². The molecular weight excluding hydrogens is 314 g/mol. The Kier molecular flexibility index (Phi) is 5.37. The van der Waals surface area contributed by atoms with Crippen LogP contribution < -0.4 is 5.32 Å². The molecule has 0 aromatic carbocycles. The number of methoxy groups -OCH3 is 1. The average molecular weight is 330 g/mol. The molecule has 0 aliphatic heterocycles. The van der Waals surface area contributed by atoms with E-state index in [4.69, 9.17) is 4.74 Å². The molecule has 0 aliphatic rings. The topological polar surface area (TPSA) is 39.1 Å². The van der Waals surface area contributed by atoms with Gasteiger partial charge in [-0.2, -0.15) is 0 Å². The highest BCUT2D eigenvalue weighted by molar-refractivity contribution is 9.11. The van der Waals surface area contributed by atoms with Crippen LogP contribution in [0.3, 0.4) is 0 Å². The first-order valence-corrected chi connectivity index (χ1v) is 7.33. The van der Waals surface area contributed by atoms with Gasteiger partial charge in [0.1, 0.15) is 0 Å². The number of nitrogens with one attached hydrogen (secondary N) is 1. The van der Waals surface area contributed by atoms with Gasteiger partial charge in [0.2, 0.25) is 0 Å². The summed E-state index contributed by atoms with van der Waals surface area (Å²) in [5.74, 6) is 0. The molecule has 0 amide bonds. The first-order chi connectivity index (χ1) is 8.79. The minimum atomic E-state index is 0.728. The molecule has 4 nitrogen and oxygen atoms in total. The quantitative estimate of drug-likeness (QED) is 0.793. The molecule has 0 radical (unpaired) electrons. The van der Waals surface area contributed by atoms with Crippen LogP contribution in [0.1, 0.15) is 10.6 Å². The fourth-order valence-electron chi connectivity index (χ4n) is 1.63. The van der Waals surface area contributed by atoms with Crippen LogP contribution >= 0.6 is 27.3 Å². The standard InChI is InChI=1S/C12H16BrN3OS/c1-17-5-4-14-6-10-7-15-9-16(10)8-11-2-3-12(13)18-11/h2-3,7,9,14H,4-6,8H2,1H3. The first kappa shape index (κ1) is 13.7. The van der Waals surface area contributed by atoms with Crippen LogP contribution in [0, 0.1) is 0 Å². The van der Waals surface area contributed by atoms with Crippen LogP contribution in [0.4, 0.5) is 0 Å². The Bertz CT molecular complexity index is 483. The van der Waals surface area contributed by atoms with Crippen molar-refractivity contribution in [2.45, 2.75) is 13.1 Å². The van der Waals surface area contributed by atoms with Crippen LogP contribution in [-0.2, 0) is 17.8 Å². The maximum Gasteiger partial charge on any atom is 0.0952 e. The second-order valence-electron chi connectivity index (χ2n) is 3.89. The van der Waals surface area contributed by atoms with Gasteiger partial charge in [0, 0.05) is 31.3 Å². The molecule has 6 heteroatoms. The highest BCUT2D eigenvalue weighted by Gasteiger charge is 2.04. The molecule has 98 valence electrons. The van der Waals surface area contributed by atoms with Gasteiger partial charge in [-0.1, -0.05) is 0 Å². The minimum absolute atomic E-state index is 0.728. The second kappa shape index (κ2) is 7.04. The molecule has 1 N–H and O–H groups in total. The summed E-state index contributed by atoms with van der Waals surface area (Å²) in [6.07, 6.45) is 3.78. The Morgan fingerprint density at radius 2 is 2.39 bits per heavy atom. The molecule has 0 saturated heterocycles. The van der Waals surface area contributed by atoms with Gasteiger partial charge in [0.05, 0.1) is 29.0 Å². The van der Waals surface area contributed by atoms with E-state index in [0.29, 0.717) is 0 Å². The van der Waals surface area contributed by atoms with Crippen LogP contribution in [0.2, 0.25) is 0 Å². The first-order valence-electron chi connectivity index (χ1n) is 5.72. The Morgan fingerprint density at radius 1 is 1.50 bits per heavy atom. The summed E-state index contributed by atoms with van der Waals surface area (Å²) in [6.45, 7) is 3.27. The number of aromatic nitrogens is 2. The van der Waals surface area contributed by atoms with Gasteiger partial charge in [-0.25, -0.2) is 4.98 Å². The Hall–Kier alpha value is -0.690. The van der Waals surface area contributed by atoms with Gasteiger partial charge >= 0.3 is 0 Å². The summed E-state index contributed by atoms with van der Waals surface area (Å²) >= 11 is 5.24. The fourth-order valence-corrected chi connectivity index (χ4v) is 3.12. The van der Waals surface area contributed by atoms with Gasteiger partial charge in [0.15, 0.2) is 0 Å². The maximum atomic E-state index is 5.00. The van der Waals surface area contributed by atoms with Crippen molar-refractivity contribution in [3.05, 3.63) is 39.0 Å². The highest BCUT2D eigenvalue weighted by Crippen LogP contribution is 2.23. The number of ether oxygens (including phenoxy) is 1. The average Bonchev–Trinajstić information content (AvgIpc) is 2.95. The molecule has 0 fully saturated rings. The van der Waals surface area contributed by atoms with Crippen molar-refractivity contribution < 1.29 is 4.74 Å². The summed E-state index contributed by atoms with van der Waals surface area (Å²) < 4.78 is 8.33. The second-order valence-corrected chi connectivity index (χ2v) is 6.44. The van der Waals surface area contributed by atoms with Gasteiger partial charge < -0.3 is 14.6 Å². The number of rotatable bonds is 7. The SMILES string of the molecule is COCCNCc1cncn1Cc1ccc(Br)s1. The third kappa shape index (κ3) is 3.91. The summed E-state index contributed by atoms with van der Waals surface area (Å²) in [7, 11) is 1.71. The number of thiophene rings is 1. The Morgan fingerprint density at radius 3 is 3.11 bits per heavy atom. The Labute approximate surface area is 119 Å². The van der Waals surface area contributed by atoms with E-state index >= 15 is 0 Å². The zero-order valence-electron chi connectivity index (χ0n) is 10.2. The van der Waals surface area contributed by atoms with Gasteiger partial charge in [0.25, 0.3) is 0 Å². The number of nitrogens with zero attached hydrogens (tertiary/aromatic N) is 2. The molecule has 0 atom stereocenters. The van der Waals surface area contributed by atoms with E-state index in [1.807, 2.05) is 12.5 Å². The molecule has 0 spiro atoms. The summed E-state index contributed by atoms with van der Waals surface area (Å²) in [5, 5.41) is 3.33. The lowest BCUT2D eigenvalue weighted by atomic mass is 10.4. The fraction of sp³-hybridized carbons (Fsp3) is 0.417. The molecule has 0 unspecified atom stereocenters. The molecule has 2 aromatic rings. The van der Waals surface area contributed by atoms with Crippen LogP contribution in [0.15, 0.2) is 28.4 Å². The molecular formula is C12H16BrN3OS. The van der Waals surface area contributed by atoms with Gasteiger partial charge in [-0.3, -0.25) is 0 Å². The van der Waals surface area contributed by atoms with Gasteiger partial charge in [-0.05, 0) is 28.1 Å². The number of hydrogen-bond donors (Lipinski definition) is 1. The summed E-state index contributed by atoms with van der Waals surface area (Å²) in [4.78, 5) is 5.53. The third-order valence-electron chi connectivity index (χ3n) is 2.54. The highest BCUT2D eigenvalue weighted by atomic mass is 79.9. The number of imidazole rings is 1. The van der Waals surface area contributed by atoms with Crippen LogP contribution in [0.5, 0.6) is 0 Å². The van der Waals surface area contributed by atoms with E-state index in [9.17, 15) is 0 Å². The van der Waals surface area contributed by atoms with E-state index < -0.39 is 0 Å². The molecule has 18 heavy (non-hydrogen) atoms. The summed E-state index contributed by atoms with van der Waals surface area (Å²) in [5.41, 5.74) is 1.19. The molecule has 2 heterocycles. The largest absolute Gasteiger partial charge is 0.383 e. The van der Waals surface area contributed by atoms with E-state index in [1.165, 1.54) is 10.6 Å². The number of hydrogen-bond acceptors (Lipinski definition) is 4. The molecule has 0 saturated carbocycles. The molecule has 2 aromatic heterocycles. The monoisotopic (exact) mass is 329 g/mol. The van der Waals surface area contributed by atoms with Crippen molar-refractivity contribution in [1.29, 1.82) is 0 Å². The zero-order chi connectivity index (χ0) is 12.8. The lowest BCUT2D eigenvalue weighted by Gasteiger charge is -2.08. The molecule has 0 aliphatic carbocycles. The minimum Gasteiger partial charge on any atom is -0.383 e. The van der Waals surface area contributed by atoms with Gasteiger partial charge in [-0.15, -0.1) is 11.3 Å². The predicted molar refractivity (Wildman–Crippen MR) is 76.9 cm³/mol. The number of halogens is 1. The van der Waals surface area contributed by atoms with Crippen LogP contribution in [0.25, 0.3) is 0 Å².